The quantitative estimate of drug-likeness (QED) is 0.0205. The standard InChI is InChI=1S/C62H111N2O7P/c1-7-10-13-16-19-22-25-27-28-29-30-31-32-33-34-35-36-37-40-42-45-48-51-54-61(65)63-59(58-70-72(67,68)69-57-56-64(4,5)6)60(53-50-47-44-41-39-26-23-20-17-14-11-8-2)71-62(66)55-52-49-46-43-38-24-21-18-15-12-9-3/h10,13,18-19,21-22,27-28,30-31,33-34,50,53,59-60H,7-9,11-12,14-17,20,23-26,29,32,35-49,51-52,54-58H2,1-6H3,(H-,63,65,67,68)/p+1/b13-10-,21-18-,22-19-,28-27-,31-30-,34-33-,53-50-. The number of nitrogens with one attached hydrogen (secondary N) is 1. The highest BCUT2D eigenvalue weighted by molar-refractivity contribution is 7.47. The number of carbonyl (C=O) groups is 2. The van der Waals surface area contributed by atoms with Gasteiger partial charge in [0.25, 0.3) is 0 Å². The highest BCUT2D eigenvalue weighted by Crippen LogP contribution is 2.43. The van der Waals surface area contributed by atoms with Crippen LogP contribution in [0.2, 0.25) is 0 Å². The zero-order chi connectivity index (χ0) is 52.9. The Balaban J connectivity index is 5.23. The fourth-order valence-electron chi connectivity index (χ4n) is 8.01. The molecule has 0 spiro atoms. The molecule has 1 amide bonds. The maximum absolute atomic E-state index is 13.5. The zero-order valence-corrected chi connectivity index (χ0v) is 48.3. The van der Waals surface area contributed by atoms with Gasteiger partial charge in [0.05, 0.1) is 33.8 Å². The van der Waals surface area contributed by atoms with E-state index in [4.69, 9.17) is 13.8 Å². The minimum absolute atomic E-state index is 0.0332. The summed E-state index contributed by atoms with van der Waals surface area (Å²) in [6.45, 7) is 6.83. The molecule has 0 fully saturated rings. The van der Waals surface area contributed by atoms with Crippen LogP contribution < -0.4 is 5.32 Å². The van der Waals surface area contributed by atoms with Crippen molar-refractivity contribution in [3.8, 4) is 0 Å². The van der Waals surface area contributed by atoms with E-state index >= 15 is 0 Å². The number of rotatable bonds is 52. The Morgan fingerprint density at radius 2 is 0.903 bits per heavy atom. The molecule has 10 heteroatoms. The van der Waals surface area contributed by atoms with E-state index in [9.17, 15) is 19.0 Å². The number of unbranched alkanes of at least 4 members (excludes halogenated alkanes) is 24. The average Bonchev–Trinajstić information content (AvgIpc) is 3.34. The molecule has 416 valence electrons. The fourth-order valence-corrected chi connectivity index (χ4v) is 8.74. The largest absolute Gasteiger partial charge is 0.472 e. The van der Waals surface area contributed by atoms with Gasteiger partial charge in [0.2, 0.25) is 5.91 Å². The van der Waals surface area contributed by atoms with Crippen molar-refractivity contribution in [1.29, 1.82) is 0 Å². The number of phosphoric ester groups is 1. The topological polar surface area (TPSA) is 111 Å². The molecule has 0 aromatic heterocycles. The Kier molecular flexibility index (Phi) is 49.6. The Bertz CT molecular complexity index is 1510. The molecule has 0 radical (unpaired) electrons. The van der Waals surface area contributed by atoms with E-state index in [1.807, 2.05) is 33.3 Å². The lowest BCUT2D eigenvalue weighted by Gasteiger charge is -2.27. The van der Waals surface area contributed by atoms with Crippen LogP contribution in [-0.2, 0) is 27.9 Å². The molecule has 0 aliphatic carbocycles. The number of hydrogen-bond donors (Lipinski definition) is 2. The number of quaternary nitrogens is 1. The first-order valence-corrected chi connectivity index (χ1v) is 30.9. The molecule has 0 rings (SSSR count). The van der Waals surface area contributed by atoms with Gasteiger partial charge < -0.3 is 19.4 Å². The first-order chi connectivity index (χ1) is 34.9. The number of hydrogen-bond acceptors (Lipinski definition) is 6. The van der Waals surface area contributed by atoms with Crippen molar-refractivity contribution in [2.45, 2.75) is 258 Å². The molecule has 0 saturated heterocycles. The number of amides is 1. The summed E-state index contributed by atoms with van der Waals surface area (Å²) in [7, 11) is 1.47. The molecular formula is C62H112N2O7P+. The van der Waals surface area contributed by atoms with Gasteiger partial charge in [-0.3, -0.25) is 18.6 Å². The lowest BCUT2D eigenvalue weighted by Crippen LogP contribution is -2.47. The van der Waals surface area contributed by atoms with Crippen LogP contribution in [0, 0.1) is 0 Å². The Hall–Kier alpha value is -2.81. The van der Waals surface area contributed by atoms with E-state index < -0.39 is 20.0 Å². The van der Waals surface area contributed by atoms with Gasteiger partial charge in [-0.1, -0.05) is 222 Å². The normalized spacial score (nSPS) is 14.4. The second-order valence-corrected chi connectivity index (χ2v) is 22.2. The van der Waals surface area contributed by atoms with E-state index in [1.165, 1.54) is 83.5 Å². The smallest absolute Gasteiger partial charge is 0.456 e. The van der Waals surface area contributed by atoms with Crippen molar-refractivity contribution in [2.75, 3.05) is 40.9 Å². The summed E-state index contributed by atoms with van der Waals surface area (Å²) in [5.74, 6) is -0.533. The monoisotopic (exact) mass is 1030 g/mol. The van der Waals surface area contributed by atoms with Crippen LogP contribution in [0.1, 0.15) is 245 Å². The summed E-state index contributed by atoms with van der Waals surface area (Å²) in [4.78, 5) is 37.6. The van der Waals surface area contributed by atoms with E-state index in [2.05, 4.69) is 99.0 Å². The van der Waals surface area contributed by atoms with Gasteiger partial charge in [0.1, 0.15) is 19.3 Å². The summed E-state index contributed by atoms with van der Waals surface area (Å²) in [5.41, 5.74) is 0. The van der Waals surface area contributed by atoms with Crippen LogP contribution in [0.15, 0.2) is 85.1 Å². The molecule has 0 saturated carbocycles. The molecule has 3 unspecified atom stereocenters. The minimum atomic E-state index is -4.45. The third kappa shape index (κ3) is 52.1. The Morgan fingerprint density at radius 1 is 0.500 bits per heavy atom. The predicted octanol–water partition coefficient (Wildman–Crippen LogP) is 17.8. The van der Waals surface area contributed by atoms with Crippen LogP contribution in [0.3, 0.4) is 0 Å². The third-order valence-electron chi connectivity index (χ3n) is 12.6. The van der Waals surface area contributed by atoms with Gasteiger partial charge in [-0.15, -0.1) is 0 Å². The van der Waals surface area contributed by atoms with E-state index in [0.717, 1.165) is 128 Å². The highest BCUT2D eigenvalue weighted by Gasteiger charge is 2.30. The van der Waals surface area contributed by atoms with Gasteiger partial charge >= 0.3 is 13.8 Å². The molecule has 72 heavy (non-hydrogen) atoms. The lowest BCUT2D eigenvalue weighted by atomic mass is 10.0. The molecule has 2 N–H and O–H groups in total. The number of likely N-dealkylation sites (N-methyl/N-ethyl adjacent to an activating group) is 1. The number of allylic oxidation sites excluding steroid dienone is 13. The molecule has 9 nitrogen and oxygen atoms in total. The van der Waals surface area contributed by atoms with Gasteiger partial charge in [0, 0.05) is 12.8 Å². The molecule has 0 aromatic carbocycles. The SMILES string of the molecule is CC/C=C\C/C=C\C/C=C\C/C=C\C/C=C\CCCCCCCCCC(=O)NC(COP(=O)(O)OCC[N+](C)(C)C)C(/C=C\CCCCCCCCCCCC)OC(=O)CCCCCCC/C=C\CCCC. The first kappa shape index (κ1) is 69.2. The Morgan fingerprint density at radius 3 is 1.39 bits per heavy atom. The van der Waals surface area contributed by atoms with Crippen LogP contribution in [0.25, 0.3) is 0 Å². The molecule has 0 aromatic rings. The summed E-state index contributed by atoms with van der Waals surface area (Å²) in [5, 5.41) is 3.04. The number of ether oxygens (including phenoxy) is 1. The average molecular weight is 1030 g/mol. The number of nitrogens with zero attached hydrogens (tertiary/aromatic N) is 1. The fraction of sp³-hybridized carbons (Fsp3) is 0.742. The van der Waals surface area contributed by atoms with Crippen LogP contribution in [0.5, 0.6) is 0 Å². The summed E-state index contributed by atoms with van der Waals surface area (Å²) >= 11 is 0. The molecular weight excluding hydrogens is 916 g/mol. The van der Waals surface area contributed by atoms with Crippen molar-refractivity contribution in [3.05, 3.63) is 85.1 Å². The van der Waals surface area contributed by atoms with Crippen molar-refractivity contribution < 1.29 is 37.3 Å². The number of phosphoric acid groups is 1. The molecule has 0 aliphatic heterocycles. The predicted molar refractivity (Wildman–Crippen MR) is 309 cm³/mol. The second-order valence-electron chi connectivity index (χ2n) is 20.8. The minimum Gasteiger partial charge on any atom is -0.456 e. The number of esters is 1. The summed E-state index contributed by atoms with van der Waals surface area (Å²) in [6, 6.07) is -0.860. The maximum atomic E-state index is 13.5. The van der Waals surface area contributed by atoms with Crippen LogP contribution >= 0.6 is 7.82 Å². The maximum Gasteiger partial charge on any atom is 0.472 e. The summed E-state index contributed by atoms with van der Waals surface area (Å²) in [6.07, 6.45) is 67.2. The third-order valence-corrected chi connectivity index (χ3v) is 13.6. The number of carbonyl (C=O) groups excluding carboxylic acids is 2. The zero-order valence-electron chi connectivity index (χ0n) is 47.4. The molecule has 0 bridgehead atoms. The Labute approximate surface area is 444 Å². The lowest BCUT2D eigenvalue weighted by molar-refractivity contribution is -0.870. The van der Waals surface area contributed by atoms with Crippen molar-refractivity contribution in [3.63, 3.8) is 0 Å². The van der Waals surface area contributed by atoms with E-state index in [-0.39, 0.29) is 31.5 Å². The van der Waals surface area contributed by atoms with Crippen LogP contribution in [-0.4, -0.2) is 74.3 Å². The van der Waals surface area contributed by atoms with E-state index in [1.54, 1.807) is 0 Å². The van der Waals surface area contributed by atoms with Gasteiger partial charge in [0.15, 0.2) is 0 Å². The second kappa shape index (κ2) is 51.7. The van der Waals surface area contributed by atoms with Crippen molar-refractivity contribution >= 4 is 19.7 Å². The molecule has 0 aliphatic rings. The van der Waals surface area contributed by atoms with Crippen molar-refractivity contribution in [2.24, 2.45) is 0 Å². The molecule has 0 heterocycles. The van der Waals surface area contributed by atoms with E-state index in [0.29, 0.717) is 17.4 Å². The van der Waals surface area contributed by atoms with Gasteiger partial charge in [-0.2, -0.15) is 0 Å². The van der Waals surface area contributed by atoms with Crippen molar-refractivity contribution in [1.82, 2.24) is 5.32 Å². The summed E-state index contributed by atoms with van der Waals surface area (Å²) < 4.78 is 30.6. The first-order valence-electron chi connectivity index (χ1n) is 29.4. The van der Waals surface area contributed by atoms with Gasteiger partial charge in [-0.05, 0) is 96.0 Å². The molecule has 3 atom stereocenters. The van der Waals surface area contributed by atoms with Gasteiger partial charge in [-0.25, -0.2) is 4.57 Å². The highest BCUT2D eigenvalue weighted by atomic mass is 31.2. The van der Waals surface area contributed by atoms with Crippen LogP contribution in [0.4, 0.5) is 0 Å².